The summed E-state index contributed by atoms with van der Waals surface area (Å²) in [6.45, 7) is 5.46. The first kappa shape index (κ1) is 11.6. The van der Waals surface area contributed by atoms with Crippen LogP contribution >= 0.6 is 11.8 Å². The van der Waals surface area contributed by atoms with Gasteiger partial charge in [-0.3, -0.25) is 5.10 Å². The van der Waals surface area contributed by atoms with E-state index in [1.165, 1.54) is 6.42 Å². The summed E-state index contributed by atoms with van der Waals surface area (Å²) >= 11 is 1.91. The predicted molar refractivity (Wildman–Crippen MR) is 62.6 cm³/mol. The Kier molecular flexibility index (Phi) is 5.04. The lowest BCUT2D eigenvalue weighted by molar-refractivity contribution is 0.546. The molecule has 0 aromatic carbocycles. The van der Waals surface area contributed by atoms with E-state index in [4.69, 9.17) is 0 Å². The first-order valence-electron chi connectivity index (χ1n) is 4.99. The SMILES string of the molecule is CSC(C)CCNC(C)c1ccn[nH]1. The molecule has 0 fully saturated rings. The van der Waals surface area contributed by atoms with Gasteiger partial charge in [0.25, 0.3) is 0 Å². The van der Waals surface area contributed by atoms with Crippen LogP contribution in [0.1, 0.15) is 32.0 Å². The highest BCUT2D eigenvalue weighted by Gasteiger charge is 2.06. The van der Waals surface area contributed by atoms with Crippen molar-refractivity contribution in [3.63, 3.8) is 0 Å². The minimum Gasteiger partial charge on any atom is -0.309 e. The van der Waals surface area contributed by atoms with Gasteiger partial charge in [0, 0.05) is 17.5 Å². The number of hydrogen-bond acceptors (Lipinski definition) is 3. The summed E-state index contributed by atoms with van der Waals surface area (Å²) < 4.78 is 0. The second kappa shape index (κ2) is 6.09. The molecule has 1 rings (SSSR count). The van der Waals surface area contributed by atoms with Crippen molar-refractivity contribution in [3.05, 3.63) is 18.0 Å². The number of nitrogens with zero attached hydrogens (tertiary/aromatic N) is 1. The van der Waals surface area contributed by atoms with Crippen molar-refractivity contribution in [2.75, 3.05) is 12.8 Å². The van der Waals surface area contributed by atoms with Crippen LogP contribution in [0.15, 0.2) is 12.3 Å². The third-order valence-electron chi connectivity index (χ3n) is 2.39. The molecule has 0 aliphatic carbocycles. The zero-order valence-corrected chi connectivity index (χ0v) is 9.90. The summed E-state index contributed by atoms with van der Waals surface area (Å²) in [5.74, 6) is 0. The number of hydrogen-bond donors (Lipinski definition) is 2. The van der Waals surface area contributed by atoms with Gasteiger partial charge in [-0.05, 0) is 32.2 Å². The van der Waals surface area contributed by atoms with Crippen LogP contribution in [0.5, 0.6) is 0 Å². The van der Waals surface area contributed by atoms with E-state index in [0.29, 0.717) is 6.04 Å². The van der Waals surface area contributed by atoms with Gasteiger partial charge < -0.3 is 5.32 Å². The van der Waals surface area contributed by atoms with Gasteiger partial charge in [-0.15, -0.1) is 0 Å². The highest BCUT2D eigenvalue weighted by Crippen LogP contribution is 2.11. The van der Waals surface area contributed by atoms with Gasteiger partial charge in [0.1, 0.15) is 0 Å². The molecule has 80 valence electrons. The lowest BCUT2D eigenvalue weighted by atomic mass is 10.2. The number of aromatic nitrogens is 2. The Bertz CT molecular complexity index is 236. The van der Waals surface area contributed by atoms with E-state index >= 15 is 0 Å². The van der Waals surface area contributed by atoms with Gasteiger partial charge in [0.2, 0.25) is 0 Å². The lowest BCUT2D eigenvalue weighted by Gasteiger charge is -2.13. The Morgan fingerprint density at radius 1 is 1.57 bits per heavy atom. The smallest absolute Gasteiger partial charge is 0.0518 e. The molecule has 1 heterocycles. The van der Waals surface area contributed by atoms with Crippen LogP contribution in [0.25, 0.3) is 0 Å². The van der Waals surface area contributed by atoms with Crippen molar-refractivity contribution in [3.8, 4) is 0 Å². The Morgan fingerprint density at radius 3 is 2.93 bits per heavy atom. The number of thioether (sulfide) groups is 1. The Hall–Kier alpha value is -0.480. The van der Waals surface area contributed by atoms with E-state index in [-0.39, 0.29) is 0 Å². The summed E-state index contributed by atoms with van der Waals surface area (Å²) in [6.07, 6.45) is 5.15. The summed E-state index contributed by atoms with van der Waals surface area (Å²) in [5, 5.41) is 11.1. The van der Waals surface area contributed by atoms with Crippen LogP contribution in [0.4, 0.5) is 0 Å². The van der Waals surface area contributed by atoms with Crippen LogP contribution in [-0.2, 0) is 0 Å². The van der Waals surface area contributed by atoms with Crippen molar-refractivity contribution in [1.29, 1.82) is 0 Å². The maximum atomic E-state index is 3.93. The quantitative estimate of drug-likeness (QED) is 0.761. The van der Waals surface area contributed by atoms with Gasteiger partial charge in [0.05, 0.1) is 5.69 Å². The summed E-state index contributed by atoms with van der Waals surface area (Å²) in [5.41, 5.74) is 1.15. The maximum Gasteiger partial charge on any atom is 0.0518 e. The molecule has 0 saturated heterocycles. The second-order valence-corrected chi connectivity index (χ2v) is 4.80. The molecule has 0 aliphatic heterocycles. The highest BCUT2D eigenvalue weighted by molar-refractivity contribution is 7.99. The molecular formula is C10H19N3S. The van der Waals surface area contributed by atoms with E-state index in [1.807, 2.05) is 17.8 Å². The molecule has 0 amide bonds. The number of H-pyrrole nitrogens is 1. The van der Waals surface area contributed by atoms with Crippen molar-refractivity contribution < 1.29 is 0 Å². The van der Waals surface area contributed by atoms with Gasteiger partial charge >= 0.3 is 0 Å². The van der Waals surface area contributed by atoms with Crippen molar-refractivity contribution >= 4 is 11.8 Å². The van der Waals surface area contributed by atoms with Crippen LogP contribution in [-0.4, -0.2) is 28.2 Å². The molecule has 2 unspecified atom stereocenters. The fraction of sp³-hybridized carbons (Fsp3) is 0.700. The molecule has 2 N–H and O–H groups in total. The number of aromatic amines is 1. The molecule has 4 heteroatoms. The van der Waals surface area contributed by atoms with Gasteiger partial charge in [-0.2, -0.15) is 16.9 Å². The van der Waals surface area contributed by atoms with E-state index < -0.39 is 0 Å². The van der Waals surface area contributed by atoms with E-state index in [9.17, 15) is 0 Å². The van der Waals surface area contributed by atoms with E-state index in [2.05, 4.69) is 35.6 Å². The number of rotatable bonds is 6. The minimum atomic E-state index is 0.367. The molecule has 14 heavy (non-hydrogen) atoms. The van der Waals surface area contributed by atoms with Crippen molar-refractivity contribution in [1.82, 2.24) is 15.5 Å². The maximum absolute atomic E-state index is 3.93. The molecule has 1 aromatic heterocycles. The van der Waals surface area contributed by atoms with Crippen molar-refractivity contribution in [2.45, 2.75) is 31.6 Å². The monoisotopic (exact) mass is 213 g/mol. The summed E-state index contributed by atoms with van der Waals surface area (Å²) in [7, 11) is 0. The molecule has 0 bridgehead atoms. The molecule has 1 aromatic rings. The summed E-state index contributed by atoms with van der Waals surface area (Å²) in [6, 6.07) is 2.38. The molecule has 0 spiro atoms. The Balaban J connectivity index is 2.19. The van der Waals surface area contributed by atoms with Crippen LogP contribution < -0.4 is 5.32 Å². The largest absolute Gasteiger partial charge is 0.309 e. The first-order valence-corrected chi connectivity index (χ1v) is 6.28. The first-order chi connectivity index (χ1) is 6.74. The average Bonchev–Trinajstić information content (AvgIpc) is 2.70. The van der Waals surface area contributed by atoms with Gasteiger partial charge in [-0.1, -0.05) is 6.92 Å². The molecule has 0 aliphatic rings. The molecule has 2 atom stereocenters. The molecular weight excluding hydrogens is 194 g/mol. The third-order valence-corrected chi connectivity index (χ3v) is 3.43. The Morgan fingerprint density at radius 2 is 2.36 bits per heavy atom. The zero-order valence-electron chi connectivity index (χ0n) is 9.08. The molecule has 3 nitrogen and oxygen atoms in total. The summed E-state index contributed by atoms with van der Waals surface area (Å²) in [4.78, 5) is 0. The van der Waals surface area contributed by atoms with Crippen LogP contribution in [0.2, 0.25) is 0 Å². The van der Waals surface area contributed by atoms with Gasteiger partial charge in [0.15, 0.2) is 0 Å². The lowest BCUT2D eigenvalue weighted by Crippen LogP contribution is -2.22. The third kappa shape index (κ3) is 3.72. The normalized spacial score (nSPS) is 15.4. The molecule has 0 saturated carbocycles. The van der Waals surface area contributed by atoms with Gasteiger partial charge in [-0.25, -0.2) is 0 Å². The average molecular weight is 213 g/mol. The second-order valence-electron chi connectivity index (χ2n) is 3.52. The van der Waals surface area contributed by atoms with Crippen LogP contribution in [0, 0.1) is 0 Å². The van der Waals surface area contributed by atoms with E-state index in [1.54, 1.807) is 6.20 Å². The predicted octanol–water partition coefficient (Wildman–Crippen LogP) is 2.20. The Labute approximate surface area is 90.1 Å². The fourth-order valence-corrected chi connectivity index (χ4v) is 1.59. The van der Waals surface area contributed by atoms with Crippen molar-refractivity contribution in [2.24, 2.45) is 0 Å². The van der Waals surface area contributed by atoms with Crippen LogP contribution in [0.3, 0.4) is 0 Å². The number of nitrogens with one attached hydrogen (secondary N) is 2. The fourth-order valence-electron chi connectivity index (χ4n) is 1.24. The topological polar surface area (TPSA) is 40.7 Å². The minimum absolute atomic E-state index is 0.367. The van der Waals surface area contributed by atoms with E-state index in [0.717, 1.165) is 17.5 Å². The highest BCUT2D eigenvalue weighted by atomic mass is 32.2. The standard InChI is InChI=1S/C10H19N3S/c1-8(14-3)4-6-11-9(2)10-5-7-12-13-10/h5,7-9,11H,4,6H2,1-3H3,(H,12,13). The molecule has 0 radical (unpaired) electrons. The zero-order chi connectivity index (χ0) is 10.4.